The van der Waals surface area contributed by atoms with E-state index in [2.05, 4.69) is 5.10 Å². The van der Waals surface area contributed by atoms with Crippen molar-refractivity contribution in [1.29, 1.82) is 0 Å². The van der Waals surface area contributed by atoms with Gasteiger partial charge in [-0.15, -0.1) is 0 Å². The van der Waals surface area contributed by atoms with E-state index in [0.29, 0.717) is 39.1 Å². The largest absolute Gasteiger partial charge is 0.341 e. The second kappa shape index (κ2) is 9.16. The van der Waals surface area contributed by atoms with Gasteiger partial charge in [-0.3, -0.25) is 14.3 Å². The van der Waals surface area contributed by atoms with Gasteiger partial charge in [0.1, 0.15) is 0 Å². The molecule has 2 aromatic rings. The smallest absolute Gasteiger partial charge is 0.246 e. The lowest BCUT2D eigenvalue weighted by atomic mass is 10.2. The minimum absolute atomic E-state index is 0.000156. The summed E-state index contributed by atoms with van der Waals surface area (Å²) >= 11 is 0. The third-order valence-electron chi connectivity index (χ3n) is 4.70. The average molecular weight is 366 g/mol. The van der Waals surface area contributed by atoms with Gasteiger partial charge in [0, 0.05) is 51.4 Å². The number of aromatic nitrogens is 2. The summed E-state index contributed by atoms with van der Waals surface area (Å²) in [6.45, 7) is 5.11. The van der Waals surface area contributed by atoms with Gasteiger partial charge >= 0.3 is 0 Å². The molecule has 1 aliphatic heterocycles. The van der Waals surface area contributed by atoms with Crippen molar-refractivity contribution in [3.63, 3.8) is 0 Å². The Hall–Kier alpha value is -2.89. The van der Waals surface area contributed by atoms with Crippen LogP contribution in [0.15, 0.2) is 48.8 Å². The van der Waals surface area contributed by atoms with Gasteiger partial charge in [0.05, 0.1) is 6.20 Å². The second-order valence-electron chi connectivity index (χ2n) is 6.83. The molecule has 2 amide bonds. The topological polar surface area (TPSA) is 58.4 Å². The number of hydrogen-bond donors (Lipinski definition) is 0. The molecule has 1 saturated heterocycles. The summed E-state index contributed by atoms with van der Waals surface area (Å²) in [4.78, 5) is 28.6. The number of carbonyl (C=O) groups excluding carboxylic acids is 2. The predicted molar refractivity (Wildman–Crippen MR) is 105 cm³/mol. The summed E-state index contributed by atoms with van der Waals surface area (Å²) in [5.74, 6) is 0.123. The highest BCUT2D eigenvalue weighted by atomic mass is 16.2. The summed E-state index contributed by atoms with van der Waals surface area (Å²) in [5.41, 5.74) is 2.10. The Morgan fingerprint density at radius 2 is 1.81 bits per heavy atom. The van der Waals surface area contributed by atoms with Crippen molar-refractivity contribution in [1.82, 2.24) is 19.6 Å². The van der Waals surface area contributed by atoms with Gasteiger partial charge in [0.2, 0.25) is 11.8 Å². The highest BCUT2D eigenvalue weighted by Gasteiger charge is 2.20. The van der Waals surface area contributed by atoms with Crippen LogP contribution in [0.3, 0.4) is 0 Å². The van der Waals surface area contributed by atoms with Crippen molar-refractivity contribution < 1.29 is 9.59 Å². The number of nitrogens with zero attached hydrogens (tertiary/aromatic N) is 4. The molecule has 3 rings (SSSR count). The molecule has 0 unspecified atom stereocenters. The molecule has 6 heteroatoms. The van der Waals surface area contributed by atoms with Crippen molar-refractivity contribution in [2.45, 2.75) is 26.3 Å². The number of hydrogen-bond acceptors (Lipinski definition) is 3. The van der Waals surface area contributed by atoms with E-state index in [1.54, 1.807) is 17.0 Å². The van der Waals surface area contributed by atoms with Crippen LogP contribution in [0, 0.1) is 6.92 Å². The fraction of sp³-hybridized carbons (Fsp3) is 0.381. The molecule has 1 aliphatic rings. The van der Waals surface area contributed by atoms with E-state index in [0.717, 1.165) is 17.5 Å². The van der Waals surface area contributed by atoms with Gasteiger partial charge in [-0.1, -0.05) is 30.3 Å². The van der Waals surface area contributed by atoms with Gasteiger partial charge in [0.25, 0.3) is 0 Å². The van der Waals surface area contributed by atoms with Crippen LogP contribution >= 0.6 is 0 Å². The molecular formula is C21H26N4O2. The van der Waals surface area contributed by atoms with Crippen LogP contribution < -0.4 is 0 Å². The Kier molecular flexibility index (Phi) is 6.41. The molecule has 1 aromatic carbocycles. The lowest BCUT2D eigenvalue weighted by Gasteiger charge is -2.21. The van der Waals surface area contributed by atoms with E-state index < -0.39 is 0 Å². The summed E-state index contributed by atoms with van der Waals surface area (Å²) in [6.07, 6.45) is 8.42. The maximum absolute atomic E-state index is 12.5. The standard InChI is InChI=1S/C21H26N4O2/c1-18-16-22-25(17-18)13-10-21(27)24-12-5-11-23(14-15-24)20(26)9-8-19-6-3-2-4-7-19/h2-4,6-9,16-17H,5,10-15H2,1H3/b9-8+. The first-order valence-electron chi connectivity index (χ1n) is 9.41. The number of benzene rings is 1. The van der Waals surface area contributed by atoms with Gasteiger partial charge in [-0.05, 0) is 30.5 Å². The number of aryl methyl sites for hydroxylation is 2. The van der Waals surface area contributed by atoms with Gasteiger partial charge in [-0.25, -0.2) is 0 Å². The van der Waals surface area contributed by atoms with Crippen LogP contribution in [0.2, 0.25) is 0 Å². The van der Waals surface area contributed by atoms with Crippen LogP contribution in [0.5, 0.6) is 0 Å². The maximum atomic E-state index is 12.5. The zero-order chi connectivity index (χ0) is 19.1. The van der Waals surface area contributed by atoms with E-state index >= 15 is 0 Å². The highest BCUT2D eigenvalue weighted by Crippen LogP contribution is 2.08. The molecule has 6 nitrogen and oxygen atoms in total. The lowest BCUT2D eigenvalue weighted by molar-refractivity contribution is -0.132. The summed E-state index contributed by atoms with van der Waals surface area (Å²) < 4.78 is 1.80. The third-order valence-corrected chi connectivity index (χ3v) is 4.70. The molecule has 1 aromatic heterocycles. The van der Waals surface area contributed by atoms with Crippen LogP contribution in [-0.4, -0.2) is 57.6 Å². The number of amides is 2. The van der Waals surface area contributed by atoms with Crippen molar-refractivity contribution in [3.8, 4) is 0 Å². The molecule has 142 valence electrons. The molecule has 0 radical (unpaired) electrons. The molecule has 1 fully saturated rings. The molecule has 2 heterocycles. The van der Waals surface area contributed by atoms with Crippen molar-refractivity contribution in [2.24, 2.45) is 0 Å². The summed E-state index contributed by atoms with van der Waals surface area (Å²) in [5, 5.41) is 4.22. The van der Waals surface area contributed by atoms with E-state index in [9.17, 15) is 9.59 Å². The van der Waals surface area contributed by atoms with Gasteiger partial charge in [0.15, 0.2) is 0 Å². The van der Waals surface area contributed by atoms with Crippen LogP contribution in [0.1, 0.15) is 24.0 Å². The lowest BCUT2D eigenvalue weighted by Crippen LogP contribution is -2.37. The van der Waals surface area contributed by atoms with E-state index in [-0.39, 0.29) is 11.8 Å². The SMILES string of the molecule is Cc1cnn(CCC(=O)N2CCCN(C(=O)/C=C/c3ccccc3)CC2)c1. The van der Waals surface area contributed by atoms with Gasteiger partial charge in [-0.2, -0.15) is 5.10 Å². The fourth-order valence-corrected chi connectivity index (χ4v) is 3.18. The highest BCUT2D eigenvalue weighted by molar-refractivity contribution is 5.91. The molecule has 0 saturated carbocycles. The molecule has 0 N–H and O–H groups in total. The number of rotatable bonds is 5. The van der Waals surface area contributed by atoms with E-state index in [1.165, 1.54) is 0 Å². The average Bonchev–Trinajstić information content (AvgIpc) is 2.95. The zero-order valence-electron chi connectivity index (χ0n) is 15.8. The third kappa shape index (κ3) is 5.54. The van der Waals surface area contributed by atoms with Gasteiger partial charge < -0.3 is 9.80 Å². The molecule has 27 heavy (non-hydrogen) atoms. The summed E-state index contributed by atoms with van der Waals surface area (Å²) in [6, 6.07) is 9.78. The Labute approximate surface area is 160 Å². The fourth-order valence-electron chi connectivity index (χ4n) is 3.18. The molecule has 0 atom stereocenters. The Bertz CT molecular complexity index is 798. The molecular weight excluding hydrogens is 340 g/mol. The Morgan fingerprint density at radius 1 is 1.07 bits per heavy atom. The number of carbonyl (C=O) groups is 2. The Balaban J connectivity index is 1.48. The predicted octanol–water partition coefficient (Wildman–Crippen LogP) is 2.36. The van der Waals surface area contributed by atoms with E-state index in [4.69, 9.17) is 0 Å². The van der Waals surface area contributed by atoms with Crippen LogP contribution in [0.25, 0.3) is 6.08 Å². The van der Waals surface area contributed by atoms with Crippen molar-refractivity contribution >= 4 is 17.9 Å². The zero-order valence-corrected chi connectivity index (χ0v) is 15.8. The quantitative estimate of drug-likeness (QED) is 0.764. The Morgan fingerprint density at radius 3 is 2.56 bits per heavy atom. The first-order valence-corrected chi connectivity index (χ1v) is 9.41. The van der Waals surface area contributed by atoms with E-state index in [1.807, 2.05) is 59.3 Å². The van der Waals surface area contributed by atoms with Crippen molar-refractivity contribution in [3.05, 3.63) is 59.9 Å². The van der Waals surface area contributed by atoms with Crippen molar-refractivity contribution in [2.75, 3.05) is 26.2 Å². The maximum Gasteiger partial charge on any atom is 0.246 e. The minimum atomic E-state index is 0.000156. The minimum Gasteiger partial charge on any atom is -0.341 e. The molecule has 0 aliphatic carbocycles. The van der Waals surface area contributed by atoms with Crippen LogP contribution in [-0.2, 0) is 16.1 Å². The molecule has 0 spiro atoms. The monoisotopic (exact) mass is 366 g/mol. The first kappa shape index (κ1) is 18.9. The second-order valence-corrected chi connectivity index (χ2v) is 6.83. The molecule has 0 bridgehead atoms. The van der Waals surface area contributed by atoms with Crippen LogP contribution in [0.4, 0.5) is 0 Å². The summed E-state index contributed by atoms with van der Waals surface area (Å²) in [7, 11) is 0. The normalized spacial score (nSPS) is 15.1. The first-order chi connectivity index (χ1) is 13.1.